The summed E-state index contributed by atoms with van der Waals surface area (Å²) < 4.78 is 14.3. The van der Waals surface area contributed by atoms with Crippen molar-refractivity contribution in [1.29, 1.82) is 0 Å². The number of alkyl carbamates (subject to hydrolysis) is 2. The minimum Gasteiger partial charge on any atom is -0.445 e. The second-order valence-corrected chi connectivity index (χ2v) is 5.68. The maximum atomic E-state index is 11.5. The lowest BCUT2D eigenvalue weighted by molar-refractivity contribution is -0.158. The monoisotopic (exact) mass is 400 g/mol. The lowest BCUT2D eigenvalue weighted by atomic mass is 10.2. The van der Waals surface area contributed by atoms with Crippen molar-refractivity contribution in [1.82, 2.24) is 10.6 Å². The van der Waals surface area contributed by atoms with Crippen LogP contribution in [0.4, 0.5) is 9.59 Å². The molecule has 29 heavy (non-hydrogen) atoms. The Morgan fingerprint density at radius 2 is 1.00 bits per heavy atom. The van der Waals surface area contributed by atoms with Crippen molar-refractivity contribution in [3.05, 3.63) is 71.8 Å². The largest absolute Gasteiger partial charge is 0.445 e. The van der Waals surface area contributed by atoms with Gasteiger partial charge in [-0.25, -0.2) is 19.2 Å². The van der Waals surface area contributed by atoms with Crippen molar-refractivity contribution in [2.24, 2.45) is 0 Å². The number of esters is 2. The van der Waals surface area contributed by atoms with Crippen LogP contribution in [-0.2, 0) is 37.0 Å². The van der Waals surface area contributed by atoms with E-state index in [4.69, 9.17) is 9.47 Å². The molecule has 152 valence electrons. The smallest absolute Gasteiger partial charge is 0.407 e. The van der Waals surface area contributed by atoms with E-state index in [1.54, 1.807) is 48.5 Å². The minimum atomic E-state index is -0.994. The summed E-state index contributed by atoms with van der Waals surface area (Å²) in [7, 11) is 0. The molecule has 0 saturated heterocycles. The molecule has 2 rings (SSSR count). The molecule has 0 heterocycles. The average Bonchev–Trinajstić information content (AvgIpc) is 2.75. The van der Waals surface area contributed by atoms with E-state index in [2.05, 4.69) is 15.4 Å². The zero-order valence-electron chi connectivity index (χ0n) is 15.5. The second kappa shape index (κ2) is 11.8. The first-order valence-corrected chi connectivity index (χ1v) is 8.65. The molecule has 0 bridgehead atoms. The third-order valence-corrected chi connectivity index (χ3v) is 3.41. The summed E-state index contributed by atoms with van der Waals surface area (Å²) in [5.74, 6) is -1.99. The van der Waals surface area contributed by atoms with Crippen molar-refractivity contribution >= 4 is 24.1 Å². The summed E-state index contributed by atoms with van der Waals surface area (Å²) in [4.78, 5) is 46.1. The zero-order valence-corrected chi connectivity index (χ0v) is 15.5. The van der Waals surface area contributed by atoms with Crippen molar-refractivity contribution in [3.63, 3.8) is 0 Å². The predicted molar refractivity (Wildman–Crippen MR) is 100 cm³/mol. The highest BCUT2D eigenvalue weighted by molar-refractivity contribution is 5.90. The minimum absolute atomic E-state index is 0.0374. The van der Waals surface area contributed by atoms with Gasteiger partial charge in [-0.3, -0.25) is 0 Å². The number of carbonyl (C=O) groups excluding carboxylic acids is 4. The Kier molecular flexibility index (Phi) is 8.68. The standard InChI is InChI=1S/C20H20N2O7/c23-17(11-21-19(25)27-13-15-7-3-1-4-8-15)29-18(24)12-22-20(26)28-14-16-9-5-2-6-10-16/h1-10H,11-14H2,(H,21,25)(H,22,26). The molecule has 9 heteroatoms. The van der Waals surface area contributed by atoms with Crippen LogP contribution in [0.3, 0.4) is 0 Å². The molecule has 2 amide bonds. The van der Waals surface area contributed by atoms with Gasteiger partial charge in [0.15, 0.2) is 0 Å². The van der Waals surface area contributed by atoms with Crippen LogP contribution in [0.2, 0.25) is 0 Å². The molecule has 2 N–H and O–H groups in total. The molecule has 9 nitrogen and oxygen atoms in total. The van der Waals surface area contributed by atoms with Crippen molar-refractivity contribution in [3.8, 4) is 0 Å². The van der Waals surface area contributed by atoms with Gasteiger partial charge < -0.3 is 24.8 Å². The molecule has 2 aromatic rings. The number of ether oxygens (including phenoxy) is 3. The van der Waals surface area contributed by atoms with Crippen molar-refractivity contribution < 1.29 is 33.4 Å². The number of rotatable bonds is 8. The fraction of sp³-hybridized carbons (Fsp3) is 0.200. The van der Waals surface area contributed by atoms with Crippen molar-refractivity contribution in [2.75, 3.05) is 13.1 Å². The molecule has 0 atom stereocenters. The van der Waals surface area contributed by atoms with Gasteiger partial charge in [0.25, 0.3) is 0 Å². The molecule has 0 radical (unpaired) electrons. The number of hydrogen-bond acceptors (Lipinski definition) is 7. The molecule has 2 aromatic carbocycles. The van der Waals surface area contributed by atoms with Crippen molar-refractivity contribution in [2.45, 2.75) is 13.2 Å². The summed E-state index contributed by atoms with van der Waals surface area (Å²) >= 11 is 0. The number of hydrogen-bond donors (Lipinski definition) is 2. The summed E-state index contributed by atoms with van der Waals surface area (Å²) in [6.07, 6.45) is -1.67. The highest BCUT2D eigenvalue weighted by atomic mass is 16.6. The van der Waals surface area contributed by atoms with E-state index in [0.717, 1.165) is 11.1 Å². The summed E-state index contributed by atoms with van der Waals surface area (Å²) in [6, 6.07) is 17.9. The highest BCUT2D eigenvalue weighted by Crippen LogP contribution is 2.01. The number of carbonyl (C=O) groups is 4. The van der Waals surface area contributed by atoms with Crippen LogP contribution < -0.4 is 10.6 Å². The molecule has 0 aliphatic carbocycles. The lowest BCUT2D eigenvalue weighted by Gasteiger charge is -2.08. The van der Waals surface area contributed by atoms with E-state index in [0.29, 0.717) is 0 Å². The first kappa shape index (κ1) is 21.4. The Hall–Kier alpha value is -3.88. The van der Waals surface area contributed by atoms with E-state index >= 15 is 0 Å². The van der Waals surface area contributed by atoms with Crippen LogP contribution in [0.5, 0.6) is 0 Å². The van der Waals surface area contributed by atoms with E-state index in [-0.39, 0.29) is 13.2 Å². The van der Waals surface area contributed by atoms with Gasteiger partial charge in [-0.15, -0.1) is 0 Å². The van der Waals surface area contributed by atoms with Crippen LogP contribution in [0.15, 0.2) is 60.7 Å². The lowest BCUT2D eigenvalue weighted by Crippen LogP contribution is -2.35. The summed E-state index contributed by atoms with van der Waals surface area (Å²) in [6.45, 7) is -1.04. The fourth-order valence-electron chi connectivity index (χ4n) is 2.04. The second-order valence-electron chi connectivity index (χ2n) is 5.68. The van der Waals surface area contributed by atoms with E-state index in [9.17, 15) is 19.2 Å². The van der Waals surface area contributed by atoms with Gasteiger partial charge in [-0.2, -0.15) is 0 Å². The molecular weight excluding hydrogens is 380 g/mol. The van der Waals surface area contributed by atoms with Gasteiger partial charge in [-0.1, -0.05) is 60.7 Å². The fourth-order valence-corrected chi connectivity index (χ4v) is 2.04. The summed E-state index contributed by atoms with van der Waals surface area (Å²) in [5.41, 5.74) is 1.57. The number of benzene rings is 2. The van der Waals surface area contributed by atoms with E-state index < -0.39 is 37.2 Å². The van der Waals surface area contributed by atoms with Gasteiger partial charge in [0, 0.05) is 0 Å². The number of nitrogens with one attached hydrogen (secondary N) is 2. The van der Waals surface area contributed by atoms with E-state index in [1.165, 1.54) is 0 Å². The first-order valence-electron chi connectivity index (χ1n) is 8.65. The SMILES string of the molecule is O=C(CNC(=O)OCc1ccccc1)OC(=O)CNC(=O)OCc1ccccc1. The van der Waals surface area contributed by atoms with E-state index in [1.807, 2.05) is 12.1 Å². The summed E-state index contributed by atoms with van der Waals surface area (Å²) in [5, 5.41) is 4.32. The van der Waals surface area contributed by atoms with Crippen LogP contribution in [0.25, 0.3) is 0 Å². The molecule has 0 aromatic heterocycles. The van der Waals surface area contributed by atoms with Gasteiger partial charge in [-0.05, 0) is 11.1 Å². The van der Waals surface area contributed by atoms with Gasteiger partial charge in [0.1, 0.15) is 26.3 Å². The molecule has 0 fully saturated rings. The molecule has 0 aliphatic rings. The topological polar surface area (TPSA) is 120 Å². The van der Waals surface area contributed by atoms with Gasteiger partial charge in [0.2, 0.25) is 0 Å². The number of amides is 2. The van der Waals surface area contributed by atoms with Crippen LogP contribution in [-0.4, -0.2) is 37.2 Å². The van der Waals surface area contributed by atoms with Crippen LogP contribution in [0.1, 0.15) is 11.1 Å². The Balaban J connectivity index is 1.56. The third kappa shape index (κ3) is 9.05. The van der Waals surface area contributed by atoms with Crippen LogP contribution >= 0.6 is 0 Å². The van der Waals surface area contributed by atoms with Gasteiger partial charge >= 0.3 is 24.1 Å². The zero-order chi connectivity index (χ0) is 20.9. The Morgan fingerprint density at radius 3 is 1.38 bits per heavy atom. The average molecular weight is 400 g/mol. The molecule has 0 aliphatic heterocycles. The molecule has 0 unspecified atom stereocenters. The maximum absolute atomic E-state index is 11.5. The Bertz CT molecular complexity index is 756. The quantitative estimate of drug-likeness (QED) is 0.394. The molecular formula is C20H20N2O7. The molecule has 0 saturated carbocycles. The Labute approximate surface area is 166 Å². The third-order valence-electron chi connectivity index (χ3n) is 3.41. The predicted octanol–water partition coefficient (Wildman–Crippen LogP) is 1.91. The van der Waals surface area contributed by atoms with Gasteiger partial charge in [0.05, 0.1) is 0 Å². The first-order chi connectivity index (χ1) is 14.0. The van der Waals surface area contributed by atoms with Crippen LogP contribution in [0, 0.1) is 0 Å². The normalized spacial score (nSPS) is 9.79. The maximum Gasteiger partial charge on any atom is 0.407 e. The molecule has 0 spiro atoms. The Morgan fingerprint density at radius 1 is 0.621 bits per heavy atom. The highest BCUT2D eigenvalue weighted by Gasteiger charge is 2.14.